The third kappa shape index (κ3) is 56.2. The fourth-order valence-electron chi connectivity index (χ4n) is 7.35. The van der Waals surface area contributed by atoms with Gasteiger partial charge >= 0.3 is 5.97 Å². The molecule has 0 aromatic carbocycles. The van der Waals surface area contributed by atoms with Crippen molar-refractivity contribution in [2.45, 2.75) is 225 Å². The van der Waals surface area contributed by atoms with Crippen LogP contribution >= 0.6 is 7.82 Å². The molecule has 9 heteroatoms. The average molecular weight is 984 g/mol. The molecule has 0 aromatic heterocycles. The Morgan fingerprint density at radius 2 is 0.841 bits per heavy atom. The van der Waals surface area contributed by atoms with Crippen LogP contribution in [-0.2, 0) is 27.9 Å². The van der Waals surface area contributed by atoms with Gasteiger partial charge in [0.05, 0.1) is 34.4 Å². The quantitative estimate of drug-likeness (QED) is 0.0197. The van der Waals surface area contributed by atoms with Gasteiger partial charge in [-0.05, 0) is 96.3 Å². The zero-order valence-electron chi connectivity index (χ0n) is 45.2. The van der Waals surface area contributed by atoms with Crippen molar-refractivity contribution in [3.05, 3.63) is 97.2 Å². The lowest BCUT2D eigenvalue weighted by atomic mass is 10.1. The molecule has 0 spiro atoms. The molecule has 0 N–H and O–H groups in total. The number of carbonyl (C=O) groups is 1. The Morgan fingerprint density at radius 3 is 1.26 bits per heavy atom. The number of hydrogen-bond donors (Lipinski definition) is 0. The molecular weight excluding hydrogens is 878 g/mol. The molecule has 0 aliphatic rings. The lowest BCUT2D eigenvalue weighted by Crippen LogP contribution is -2.37. The smallest absolute Gasteiger partial charge is 0.306 e. The molecule has 0 aromatic rings. The average Bonchev–Trinajstić information content (AvgIpc) is 3.31. The van der Waals surface area contributed by atoms with Gasteiger partial charge in [0.15, 0.2) is 0 Å². The van der Waals surface area contributed by atoms with Gasteiger partial charge in [0, 0.05) is 13.0 Å². The van der Waals surface area contributed by atoms with Crippen LogP contribution in [0, 0.1) is 0 Å². The second-order valence-corrected chi connectivity index (χ2v) is 21.0. The molecule has 69 heavy (non-hydrogen) atoms. The molecule has 2 atom stereocenters. The number of esters is 1. The number of ether oxygens (including phenoxy) is 2. The Balaban J connectivity index is 4.15. The van der Waals surface area contributed by atoms with Gasteiger partial charge in [0.2, 0.25) is 0 Å². The van der Waals surface area contributed by atoms with Crippen LogP contribution in [0.3, 0.4) is 0 Å². The minimum atomic E-state index is -4.55. The van der Waals surface area contributed by atoms with E-state index in [2.05, 4.69) is 111 Å². The van der Waals surface area contributed by atoms with Crippen LogP contribution in [0.25, 0.3) is 0 Å². The lowest BCUT2D eigenvalue weighted by molar-refractivity contribution is -0.870. The summed E-state index contributed by atoms with van der Waals surface area (Å²) in [6.45, 7) is 5.26. The second kappa shape index (κ2) is 51.8. The zero-order chi connectivity index (χ0) is 50.5. The molecule has 0 amide bonds. The first kappa shape index (κ1) is 66.4. The summed E-state index contributed by atoms with van der Waals surface area (Å²) in [5.74, 6) is -0.350. The van der Waals surface area contributed by atoms with E-state index in [-0.39, 0.29) is 25.8 Å². The van der Waals surface area contributed by atoms with Crippen molar-refractivity contribution in [1.82, 2.24) is 0 Å². The van der Waals surface area contributed by atoms with E-state index >= 15 is 0 Å². The number of nitrogens with zero attached hydrogens (tertiary/aromatic N) is 1. The first-order chi connectivity index (χ1) is 33.6. The highest BCUT2D eigenvalue weighted by Gasteiger charge is 2.20. The maximum absolute atomic E-state index is 12.8. The number of likely N-dealkylation sites (N-methyl/N-ethyl adjacent to an activating group) is 1. The summed E-state index contributed by atoms with van der Waals surface area (Å²) in [4.78, 5) is 25.2. The van der Waals surface area contributed by atoms with E-state index in [0.29, 0.717) is 24.1 Å². The van der Waals surface area contributed by atoms with E-state index < -0.39 is 13.9 Å². The number of allylic oxidation sites excluding steroid dienone is 16. The number of phosphoric ester groups is 1. The molecule has 0 radical (unpaired) electrons. The van der Waals surface area contributed by atoms with Crippen molar-refractivity contribution in [1.29, 1.82) is 0 Å². The minimum Gasteiger partial charge on any atom is -0.756 e. The van der Waals surface area contributed by atoms with Gasteiger partial charge in [0.1, 0.15) is 19.3 Å². The van der Waals surface area contributed by atoms with Gasteiger partial charge in [-0.15, -0.1) is 0 Å². The first-order valence-corrected chi connectivity index (χ1v) is 29.4. The van der Waals surface area contributed by atoms with Gasteiger partial charge in [-0.1, -0.05) is 214 Å². The molecule has 0 fully saturated rings. The number of phosphoric acid groups is 1. The molecule has 0 saturated carbocycles. The Labute approximate surface area is 426 Å². The fraction of sp³-hybridized carbons (Fsp3) is 0.717. The molecule has 0 bridgehead atoms. The molecule has 398 valence electrons. The van der Waals surface area contributed by atoms with Gasteiger partial charge in [-0.25, -0.2) is 0 Å². The normalized spacial score (nSPS) is 14.2. The first-order valence-electron chi connectivity index (χ1n) is 28.0. The molecule has 0 rings (SSSR count). The predicted molar refractivity (Wildman–Crippen MR) is 295 cm³/mol. The Morgan fingerprint density at radius 1 is 0.464 bits per heavy atom. The van der Waals surface area contributed by atoms with Crippen molar-refractivity contribution in [2.75, 3.05) is 54.1 Å². The highest BCUT2D eigenvalue weighted by Crippen LogP contribution is 2.38. The van der Waals surface area contributed by atoms with E-state index in [9.17, 15) is 14.3 Å². The van der Waals surface area contributed by atoms with Crippen molar-refractivity contribution >= 4 is 13.8 Å². The number of unbranched alkanes of at least 4 members (excludes halogenated alkanes) is 21. The summed E-state index contributed by atoms with van der Waals surface area (Å²) in [6.07, 6.45) is 71.5. The molecule has 0 heterocycles. The molecule has 0 aliphatic heterocycles. The number of quaternary nitrogens is 1. The highest BCUT2D eigenvalue weighted by atomic mass is 31.2. The van der Waals surface area contributed by atoms with E-state index in [4.69, 9.17) is 18.5 Å². The largest absolute Gasteiger partial charge is 0.756 e. The third-order valence-electron chi connectivity index (χ3n) is 11.6. The van der Waals surface area contributed by atoms with E-state index in [1.165, 1.54) is 109 Å². The Kier molecular flexibility index (Phi) is 49.8. The van der Waals surface area contributed by atoms with Crippen LogP contribution in [0.4, 0.5) is 0 Å². The van der Waals surface area contributed by atoms with Crippen molar-refractivity contribution in [3.8, 4) is 0 Å². The van der Waals surface area contributed by atoms with Crippen molar-refractivity contribution in [3.63, 3.8) is 0 Å². The van der Waals surface area contributed by atoms with E-state index in [0.717, 1.165) is 89.9 Å². The van der Waals surface area contributed by atoms with Crippen LogP contribution in [0.15, 0.2) is 97.2 Å². The van der Waals surface area contributed by atoms with E-state index in [1.54, 1.807) is 0 Å². The van der Waals surface area contributed by atoms with Crippen LogP contribution in [0.2, 0.25) is 0 Å². The standard InChI is InChI=1S/C60H106NO7P/c1-6-8-10-12-14-16-18-20-22-24-26-28-29-30-31-32-34-36-38-40-42-44-46-48-50-52-55-65-57-59(58-67-69(63,64)66-56-54-61(3,4)5)68-60(62)53-51-49-47-45-43-41-39-37-35-33-27-25-23-21-19-17-15-13-11-9-7-2/h8,10,14,16,19-22,25-28,30-31,35,37,59H,6-7,9,11-13,15,17-18,23-24,29,32-34,36,38-58H2,1-5H3/b10-8-,16-14-,21-19-,22-20-,27-25-,28-26-,31-30-,37-35-. The maximum Gasteiger partial charge on any atom is 0.306 e. The summed E-state index contributed by atoms with van der Waals surface area (Å²) in [7, 11) is 1.33. The van der Waals surface area contributed by atoms with Gasteiger partial charge < -0.3 is 27.9 Å². The van der Waals surface area contributed by atoms with Crippen LogP contribution < -0.4 is 4.89 Å². The number of carbonyl (C=O) groups excluding carboxylic acids is 1. The zero-order valence-corrected chi connectivity index (χ0v) is 46.1. The summed E-state index contributed by atoms with van der Waals surface area (Å²) < 4.78 is 34.8. The van der Waals surface area contributed by atoms with Crippen molar-refractivity contribution < 1.29 is 37.3 Å². The molecular formula is C60H106NO7P. The number of rotatable bonds is 51. The Bertz CT molecular complexity index is 1420. The van der Waals surface area contributed by atoms with Crippen LogP contribution in [0.1, 0.15) is 219 Å². The van der Waals surface area contributed by atoms with Gasteiger partial charge in [0.25, 0.3) is 7.82 Å². The van der Waals surface area contributed by atoms with Crippen molar-refractivity contribution in [2.24, 2.45) is 0 Å². The topological polar surface area (TPSA) is 94.1 Å². The summed E-state index contributed by atoms with van der Waals surface area (Å²) >= 11 is 0. The SMILES string of the molecule is CC/C=C\C/C=C\C/C=C\C/C=C\C/C=C\CCCCCCCCCCCCOCC(COP(=O)([O-])OCC[N+](C)(C)C)OC(=O)CCCCCCCC/C=C\C/C=C\C/C=C\CCCCCCC. The maximum atomic E-state index is 12.8. The Hall–Kier alpha value is -2.58. The summed E-state index contributed by atoms with van der Waals surface area (Å²) in [5.41, 5.74) is 0. The number of hydrogen-bond acceptors (Lipinski definition) is 7. The second-order valence-electron chi connectivity index (χ2n) is 19.6. The summed E-state index contributed by atoms with van der Waals surface area (Å²) in [5, 5.41) is 0. The molecule has 2 unspecified atom stereocenters. The summed E-state index contributed by atoms with van der Waals surface area (Å²) in [6, 6.07) is 0. The molecule has 8 nitrogen and oxygen atoms in total. The lowest BCUT2D eigenvalue weighted by Gasteiger charge is -2.28. The van der Waals surface area contributed by atoms with Gasteiger partial charge in [-0.2, -0.15) is 0 Å². The minimum absolute atomic E-state index is 0.0175. The van der Waals surface area contributed by atoms with Crippen LogP contribution in [-0.4, -0.2) is 70.7 Å². The van der Waals surface area contributed by atoms with Gasteiger partial charge in [-0.3, -0.25) is 9.36 Å². The highest BCUT2D eigenvalue weighted by molar-refractivity contribution is 7.45. The monoisotopic (exact) mass is 984 g/mol. The predicted octanol–water partition coefficient (Wildman–Crippen LogP) is 17.1. The third-order valence-corrected chi connectivity index (χ3v) is 12.6. The molecule has 0 aliphatic carbocycles. The fourth-order valence-corrected chi connectivity index (χ4v) is 8.07. The van der Waals surface area contributed by atoms with Crippen LogP contribution in [0.5, 0.6) is 0 Å². The molecule has 0 saturated heterocycles. The van der Waals surface area contributed by atoms with E-state index in [1.807, 2.05) is 21.1 Å².